The van der Waals surface area contributed by atoms with E-state index in [0.29, 0.717) is 5.92 Å². The molecule has 0 unspecified atom stereocenters. The van der Waals surface area contributed by atoms with E-state index in [1.165, 1.54) is 43.5 Å². The van der Waals surface area contributed by atoms with Crippen LogP contribution in [-0.4, -0.2) is 41.0 Å². The van der Waals surface area contributed by atoms with Crippen LogP contribution in [0.15, 0.2) is 6.20 Å². The largest absolute Gasteiger partial charge is 0.380 e. The first-order valence-electron chi connectivity index (χ1n) is 8.10. The highest BCUT2D eigenvalue weighted by Crippen LogP contribution is 2.35. The molecule has 1 aromatic rings. The maximum Gasteiger partial charge on any atom is 0.0562 e. The highest BCUT2D eigenvalue weighted by molar-refractivity contribution is 5.25. The van der Waals surface area contributed by atoms with E-state index in [1.807, 2.05) is 0 Å². The molecule has 0 radical (unpaired) electrons. The third-order valence-electron chi connectivity index (χ3n) is 4.91. The molecule has 20 heavy (non-hydrogen) atoms. The van der Waals surface area contributed by atoms with Gasteiger partial charge in [0.1, 0.15) is 0 Å². The topological polar surface area (TPSA) is 30.3 Å². The Balaban J connectivity index is 1.43. The number of nitrogens with zero attached hydrogens (tertiary/aromatic N) is 3. The van der Waals surface area contributed by atoms with E-state index in [1.54, 1.807) is 0 Å². The second-order valence-corrected chi connectivity index (χ2v) is 6.99. The number of fused-ring (bicyclic) bond motifs is 1. The molecule has 4 rings (SSSR count). The molecule has 1 aliphatic heterocycles. The van der Waals surface area contributed by atoms with Crippen molar-refractivity contribution in [3.8, 4) is 0 Å². The Morgan fingerprint density at radius 1 is 1.20 bits per heavy atom. The molecule has 0 saturated heterocycles. The molecule has 4 nitrogen and oxygen atoms in total. The van der Waals surface area contributed by atoms with E-state index in [-0.39, 0.29) is 0 Å². The van der Waals surface area contributed by atoms with Crippen molar-refractivity contribution in [1.82, 2.24) is 14.7 Å². The Bertz CT molecular complexity index is 476. The van der Waals surface area contributed by atoms with E-state index in [9.17, 15) is 0 Å². The zero-order chi connectivity index (χ0) is 13.5. The van der Waals surface area contributed by atoms with Crippen molar-refractivity contribution in [2.75, 3.05) is 26.3 Å². The number of ether oxygens (including phenoxy) is 1. The molecule has 110 valence electrons. The van der Waals surface area contributed by atoms with Crippen LogP contribution in [0.1, 0.15) is 42.9 Å². The number of rotatable bonds is 6. The van der Waals surface area contributed by atoms with Crippen LogP contribution in [0, 0.1) is 11.8 Å². The summed E-state index contributed by atoms with van der Waals surface area (Å²) in [4.78, 5) is 2.62. The summed E-state index contributed by atoms with van der Waals surface area (Å²) in [6.07, 6.45) is 7.66. The Kier molecular flexibility index (Phi) is 3.31. The quantitative estimate of drug-likeness (QED) is 0.797. The third kappa shape index (κ3) is 2.77. The molecule has 0 bridgehead atoms. The van der Waals surface area contributed by atoms with Crippen molar-refractivity contribution in [1.29, 1.82) is 0 Å². The minimum Gasteiger partial charge on any atom is -0.380 e. The van der Waals surface area contributed by atoms with Crippen LogP contribution in [0.3, 0.4) is 0 Å². The lowest BCUT2D eigenvalue weighted by Gasteiger charge is -2.33. The number of hydrogen-bond donors (Lipinski definition) is 0. The fraction of sp³-hybridized carbons (Fsp3) is 0.812. The van der Waals surface area contributed by atoms with Gasteiger partial charge in [0, 0.05) is 50.5 Å². The van der Waals surface area contributed by atoms with E-state index in [4.69, 9.17) is 4.74 Å². The summed E-state index contributed by atoms with van der Waals surface area (Å²) in [6.45, 7) is 5.33. The van der Waals surface area contributed by atoms with Crippen LogP contribution < -0.4 is 0 Å². The monoisotopic (exact) mass is 275 g/mol. The van der Waals surface area contributed by atoms with Gasteiger partial charge >= 0.3 is 0 Å². The normalized spacial score (nSPS) is 26.8. The fourth-order valence-electron chi connectivity index (χ4n) is 3.44. The van der Waals surface area contributed by atoms with Gasteiger partial charge in [-0.3, -0.25) is 9.58 Å². The number of aromatic nitrogens is 2. The lowest BCUT2D eigenvalue weighted by Crippen LogP contribution is -2.37. The van der Waals surface area contributed by atoms with Crippen molar-refractivity contribution < 1.29 is 4.74 Å². The van der Waals surface area contributed by atoms with Gasteiger partial charge in [0.2, 0.25) is 0 Å². The van der Waals surface area contributed by atoms with Gasteiger partial charge in [-0.25, -0.2) is 0 Å². The molecule has 1 atom stereocenters. The summed E-state index contributed by atoms with van der Waals surface area (Å²) in [5.41, 5.74) is 2.83. The second-order valence-electron chi connectivity index (χ2n) is 6.99. The maximum atomic E-state index is 5.98. The van der Waals surface area contributed by atoms with Crippen LogP contribution in [0.2, 0.25) is 0 Å². The Morgan fingerprint density at radius 3 is 2.75 bits per heavy atom. The van der Waals surface area contributed by atoms with Crippen LogP contribution in [-0.2, 0) is 18.3 Å². The molecule has 2 heterocycles. The van der Waals surface area contributed by atoms with E-state index < -0.39 is 0 Å². The second kappa shape index (κ2) is 5.15. The minimum atomic E-state index is 0.503. The zero-order valence-electron chi connectivity index (χ0n) is 12.4. The molecule has 4 heteroatoms. The maximum absolute atomic E-state index is 5.98. The first-order valence-corrected chi connectivity index (χ1v) is 8.10. The molecule has 2 saturated carbocycles. The molecular formula is C16H25N3O. The fourth-order valence-corrected chi connectivity index (χ4v) is 3.44. The first kappa shape index (κ1) is 12.8. The van der Waals surface area contributed by atoms with E-state index in [0.717, 1.165) is 38.1 Å². The molecule has 2 fully saturated rings. The molecule has 0 amide bonds. The van der Waals surface area contributed by atoms with E-state index >= 15 is 0 Å². The molecule has 0 N–H and O–H groups in total. The summed E-state index contributed by atoms with van der Waals surface area (Å²) >= 11 is 0. The van der Waals surface area contributed by atoms with Gasteiger partial charge < -0.3 is 4.74 Å². The van der Waals surface area contributed by atoms with Gasteiger partial charge in [-0.05, 0) is 37.5 Å². The van der Waals surface area contributed by atoms with Gasteiger partial charge in [-0.2, -0.15) is 5.10 Å². The van der Waals surface area contributed by atoms with Gasteiger partial charge in [0.05, 0.1) is 12.8 Å². The highest BCUT2D eigenvalue weighted by Gasteiger charge is 2.32. The van der Waals surface area contributed by atoms with Crippen molar-refractivity contribution in [2.45, 2.75) is 38.1 Å². The molecule has 1 aromatic heterocycles. The third-order valence-corrected chi connectivity index (χ3v) is 4.91. The van der Waals surface area contributed by atoms with Gasteiger partial charge in [-0.1, -0.05) is 0 Å². The Labute approximate surface area is 121 Å². The summed E-state index contributed by atoms with van der Waals surface area (Å²) in [6, 6.07) is 0. The lowest BCUT2D eigenvalue weighted by atomic mass is 9.96. The van der Waals surface area contributed by atoms with Gasteiger partial charge in [0.25, 0.3) is 0 Å². The zero-order valence-corrected chi connectivity index (χ0v) is 12.4. The molecule has 3 aliphatic rings. The molecule has 2 aliphatic carbocycles. The predicted molar refractivity (Wildman–Crippen MR) is 77.5 cm³/mol. The lowest BCUT2D eigenvalue weighted by molar-refractivity contribution is 0.0875. The predicted octanol–water partition coefficient (Wildman–Crippen LogP) is 2.16. The summed E-state index contributed by atoms with van der Waals surface area (Å²) in [5.74, 6) is 2.32. The summed E-state index contributed by atoms with van der Waals surface area (Å²) < 4.78 is 8.04. The SMILES string of the molecule is Cn1ncc2c1[C@H](COCC1CC1)CN(CC1CC1)C2. The smallest absolute Gasteiger partial charge is 0.0562 e. The van der Waals surface area contributed by atoms with Crippen molar-refractivity contribution >= 4 is 0 Å². The highest BCUT2D eigenvalue weighted by atomic mass is 16.5. The average molecular weight is 275 g/mol. The standard InChI is InChI=1S/C16H25N3O/c1-18-16-14(6-17-18)8-19(7-12-2-3-12)9-15(16)11-20-10-13-4-5-13/h6,12-13,15H,2-5,7-11H2,1H3/t15-/m0/s1. The van der Waals surface area contributed by atoms with Crippen LogP contribution in [0.5, 0.6) is 0 Å². The van der Waals surface area contributed by atoms with Crippen LogP contribution in [0.25, 0.3) is 0 Å². The number of hydrogen-bond acceptors (Lipinski definition) is 3. The van der Waals surface area contributed by atoms with Gasteiger partial charge in [0.15, 0.2) is 0 Å². The molecule has 0 aromatic carbocycles. The summed E-state index contributed by atoms with van der Waals surface area (Å²) in [5, 5.41) is 4.47. The van der Waals surface area contributed by atoms with Crippen LogP contribution >= 0.6 is 0 Å². The van der Waals surface area contributed by atoms with Crippen molar-refractivity contribution in [3.05, 3.63) is 17.5 Å². The first-order chi connectivity index (χ1) is 9.79. The van der Waals surface area contributed by atoms with Crippen molar-refractivity contribution in [3.63, 3.8) is 0 Å². The molecular weight excluding hydrogens is 250 g/mol. The minimum absolute atomic E-state index is 0.503. The van der Waals surface area contributed by atoms with E-state index in [2.05, 4.69) is 27.9 Å². The average Bonchev–Trinajstić information content (AvgIpc) is 3.33. The Morgan fingerprint density at radius 2 is 2.00 bits per heavy atom. The number of aryl methyl sites for hydroxylation is 1. The van der Waals surface area contributed by atoms with Crippen molar-refractivity contribution in [2.24, 2.45) is 18.9 Å². The summed E-state index contributed by atoms with van der Waals surface area (Å²) in [7, 11) is 2.07. The Hall–Kier alpha value is -0.870. The van der Waals surface area contributed by atoms with Crippen LogP contribution in [0.4, 0.5) is 0 Å². The van der Waals surface area contributed by atoms with Gasteiger partial charge in [-0.15, -0.1) is 0 Å². The molecule has 0 spiro atoms.